The highest BCUT2D eigenvalue weighted by atomic mass is 32.2. The van der Waals surface area contributed by atoms with Crippen molar-refractivity contribution >= 4 is 10.0 Å². The average molecular weight is 365 g/mol. The highest BCUT2D eigenvalue weighted by Gasteiger charge is 2.50. The van der Waals surface area contributed by atoms with E-state index in [1.807, 2.05) is 13.0 Å². The van der Waals surface area contributed by atoms with Crippen LogP contribution in [0, 0.1) is 6.92 Å². The minimum atomic E-state index is -3.30. The van der Waals surface area contributed by atoms with E-state index >= 15 is 0 Å². The van der Waals surface area contributed by atoms with E-state index < -0.39 is 15.6 Å². The van der Waals surface area contributed by atoms with Crippen LogP contribution >= 0.6 is 0 Å². The van der Waals surface area contributed by atoms with E-state index in [0.717, 1.165) is 48.8 Å². The fourth-order valence-electron chi connectivity index (χ4n) is 4.22. The zero-order valence-corrected chi connectivity index (χ0v) is 15.3. The first kappa shape index (κ1) is 16.7. The Morgan fingerprint density at radius 3 is 2.72 bits per heavy atom. The molecule has 9 heteroatoms. The maximum absolute atomic E-state index is 12.4. The highest BCUT2D eigenvalue weighted by molar-refractivity contribution is 7.88. The third-order valence-electron chi connectivity index (χ3n) is 5.34. The molecule has 1 spiro atoms. The van der Waals surface area contributed by atoms with E-state index in [1.165, 1.54) is 6.26 Å². The molecule has 0 atom stereocenters. The summed E-state index contributed by atoms with van der Waals surface area (Å²) in [4.78, 5) is 9.97. The number of imidazole rings is 1. The van der Waals surface area contributed by atoms with Crippen molar-refractivity contribution in [1.82, 2.24) is 24.3 Å². The van der Waals surface area contributed by atoms with Gasteiger partial charge in [-0.1, -0.05) is 5.16 Å². The lowest BCUT2D eigenvalue weighted by Crippen LogP contribution is -2.57. The predicted octanol–water partition coefficient (Wildman–Crippen LogP) is 1.02. The summed E-state index contributed by atoms with van der Waals surface area (Å²) in [6.07, 6.45) is 5.12. The lowest BCUT2D eigenvalue weighted by Gasteiger charge is -2.49. The lowest BCUT2D eigenvalue weighted by molar-refractivity contribution is 0.0566. The molecular formula is C16H23N5O3S. The van der Waals surface area contributed by atoms with Gasteiger partial charge in [0, 0.05) is 37.8 Å². The molecule has 0 radical (unpaired) electrons. The molecule has 0 unspecified atom stereocenters. The third kappa shape index (κ3) is 2.90. The molecular weight excluding hydrogens is 342 g/mol. The molecule has 0 saturated carbocycles. The quantitative estimate of drug-likeness (QED) is 0.872. The fourth-order valence-corrected chi connectivity index (χ4v) is 5.55. The normalized spacial score (nSPS) is 21.5. The molecule has 2 aliphatic heterocycles. The Morgan fingerprint density at radius 1 is 1.32 bits per heavy atom. The van der Waals surface area contributed by atoms with Gasteiger partial charge >= 0.3 is 0 Å². The monoisotopic (exact) mass is 365 g/mol. The van der Waals surface area contributed by atoms with Crippen LogP contribution in [0.15, 0.2) is 16.9 Å². The SMILES string of the molecule is Cc1cc(CN2CCC3(CC2)c2nc[nH]c2CCN3S(C)(=O)=O)on1. The number of fused-ring (bicyclic) bond motifs is 2. The second kappa shape index (κ2) is 5.93. The van der Waals surface area contributed by atoms with Gasteiger partial charge < -0.3 is 9.51 Å². The summed E-state index contributed by atoms with van der Waals surface area (Å²) >= 11 is 0. The summed E-state index contributed by atoms with van der Waals surface area (Å²) in [5.41, 5.74) is 2.31. The Morgan fingerprint density at radius 2 is 2.08 bits per heavy atom. The Balaban J connectivity index is 1.58. The van der Waals surface area contributed by atoms with Crippen molar-refractivity contribution in [1.29, 1.82) is 0 Å². The Labute approximate surface area is 147 Å². The standard InChI is InChI=1S/C16H23N5O3S/c1-12-9-13(24-19-12)10-20-7-4-16(5-8-20)15-14(17-11-18-15)3-6-21(16)25(2,22)23/h9,11H,3-8,10H2,1-2H3,(H,17,18). The number of hydrogen-bond acceptors (Lipinski definition) is 6. The van der Waals surface area contributed by atoms with Crippen LogP contribution in [-0.4, -0.2) is 58.6 Å². The van der Waals surface area contributed by atoms with Crippen LogP contribution in [0.4, 0.5) is 0 Å². The first-order valence-electron chi connectivity index (χ1n) is 8.54. The molecule has 1 saturated heterocycles. The summed E-state index contributed by atoms with van der Waals surface area (Å²) in [6.45, 7) is 4.69. The molecule has 1 N–H and O–H groups in total. The first-order chi connectivity index (χ1) is 11.9. The molecule has 25 heavy (non-hydrogen) atoms. The van der Waals surface area contributed by atoms with E-state index in [4.69, 9.17) is 4.52 Å². The molecule has 4 heterocycles. The van der Waals surface area contributed by atoms with Crippen molar-refractivity contribution in [3.8, 4) is 0 Å². The molecule has 0 bridgehead atoms. The largest absolute Gasteiger partial charge is 0.360 e. The zero-order valence-electron chi connectivity index (χ0n) is 14.5. The van der Waals surface area contributed by atoms with Gasteiger partial charge in [0.15, 0.2) is 5.76 Å². The number of aromatic amines is 1. The molecule has 1 fully saturated rings. The number of rotatable bonds is 3. The average Bonchev–Trinajstić information content (AvgIpc) is 3.18. The van der Waals surface area contributed by atoms with E-state index in [-0.39, 0.29) is 0 Å². The number of hydrogen-bond donors (Lipinski definition) is 1. The van der Waals surface area contributed by atoms with Gasteiger partial charge in [-0.2, -0.15) is 4.31 Å². The zero-order chi connectivity index (χ0) is 17.7. The Hall–Kier alpha value is -1.71. The molecule has 2 aliphatic rings. The number of aryl methyl sites for hydroxylation is 1. The molecule has 0 aromatic carbocycles. The van der Waals surface area contributed by atoms with Gasteiger partial charge in [-0.15, -0.1) is 0 Å². The van der Waals surface area contributed by atoms with Gasteiger partial charge in [0.05, 0.1) is 36.1 Å². The molecule has 0 aliphatic carbocycles. The summed E-state index contributed by atoms with van der Waals surface area (Å²) in [5, 5.41) is 3.93. The van der Waals surface area contributed by atoms with Crippen LogP contribution in [0.25, 0.3) is 0 Å². The minimum absolute atomic E-state index is 0.509. The molecule has 2 aromatic rings. The van der Waals surface area contributed by atoms with Crippen LogP contribution in [-0.2, 0) is 28.5 Å². The number of H-pyrrole nitrogens is 1. The van der Waals surface area contributed by atoms with Crippen molar-refractivity contribution in [2.45, 2.75) is 38.3 Å². The number of aromatic nitrogens is 3. The van der Waals surface area contributed by atoms with Gasteiger partial charge in [0.25, 0.3) is 0 Å². The topological polar surface area (TPSA) is 95.3 Å². The Bertz CT molecular complexity index is 864. The second-order valence-corrected chi connectivity index (χ2v) is 8.96. The number of nitrogens with one attached hydrogen (secondary N) is 1. The van der Waals surface area contributed by atoms with Crippen molar-refractivity contribution in [3.63, 3.8) is 0 Å². The van der Waals surface area contributed by atoms with Crippen molar-refractivity contribution in [2.24, 2.45) is 0 Å². The van der Waals surface area contributed by atoms with Crippen molar-refractivity contribution in [3.05, 3.63) is 35.2 Å². The molecule has 0 amide bonds. The maximum atomic E-state index is 12.4. The summed E-state index contributed by atoms with van der Waals surface area (Å²) in [6, 6.07) is 1.94. The fraction of sp³-hybridized carbons (Fsp3) is 0.625. The smallest absolute Gasteiger partial charge is 0.212 e. The van der Waals surface area contributed by atoms with E-state index in [2.05, 4.69) is 20.0 Å². The van der Waals surface area contributed by atoms with Crippen LogP contribution in [0.2, 0.25) is 0 Å². The van der Waals surface area contributed by atoms with Gasteiger partial charge in [-0.3, -0.25) is 4.90 Å². The third-order valence-corrected chi connectivity index (χ3v) is 6.67. The van der Waals surface area contributed by atoms with Gasteiger partial charge in [-0.25, -0.2) is 13.4 Å². The van der Waals surface area contributed by atoms with Crippen LogP contribution in [0.1, 0.15) is 35.7 Å². The van der Waals surface area contributed by atoms with Crippen LogP contribution in [0.5, 0.6) is 0 Å². The highest BCUT2D eigenvalue weighted by Crippen LogP contribution is 2.43. The molecule has 136 valence electrons. The number of piperidine rings is 1. The molecule has 2 aromatic heterocycles. The number of likely N-dealkylation sites (tertiary alicyclic amines) is 1. The second-order valence-electron chi connectivity index (χ2n) is 7.06. The van der Waals surface area contributed by atoms with Gasteiger partial charge in [0.1, 0.15) is 0 Å². The van der Waals surface area contributed by atoms with Crippen molar-refractivity contribution in [2.75, 3.05) is 25.9 Å². The lowest BCUT2D eigenvalue weighted by atomic mass is 9.80. The molecule has 8 nitrogen and oxygen atoms in total. The van der Waals surface area contributed by atoms with Crippen molar-refractivity contribution < 1.29 is 12.9 Å². The minimum Gasteiger partial charge on any atom is -0.360 e. The Kier molecular flexibility index (Phi) is 3.97. The first-order valence-corrected chi connectivity index (χ1v) is 10.4. The van der Waals surface area contributed by atoms with Gasteiger partial charge in [-0.05, 0) is 19.8 Å². The van der Waals surface area contributed by atoms with E-state index in [1.54, 1.807) is 10.6 Å². The summed E-state index contributed by atoms with van der Waals surface area (Å²) in [5.74, 6) is 0.845. The number of nitrogens with zero attached hydrogens (tertiary/aromatic N) is 4. The van der Waals surface area contributed by atoms with Gasteiger partial charge in [0.2, 0.25) is 10.0 Å². The predicted molar refractivity (Wildman–Crippen MR) is 91.3 cm³/mol. The molecule has 4 rings (SSSR count). The van der Waals surface area contributed by atoms with E-state index in [0.29, 0.717) is 19.5 Å². The summed E-state index contributed by atoms with van der Waals surface area (Å²) in [7, 11) is -3.30. The van der Waals surface area contributed by atoms with Crippen LogP contribution < -0.4 is 0 Å². The van der Waals surface area contributed by atoms with E-state index in [9.17, 15) is 8.42 Å². The maximum Gasteiger partial charge on any atom is 0.212 e. The summed E-state index contributed by atoms with van der Waals surface area (Å²) < 4.78 is 31.8. The number of sulfonamides is 1. The van der Waals surface area contributed by atoms with Crippen LogP contribution in [0.3, 0.4) is 0 Å².